The number of anilines is 2. The normalized spacial score (nSPS) is 13.3. The highest BCUT2D eigenvalue weighted by Gasteiger charge is 2.36. The lowest BCUT2D eigenvalue weighted by atomic mass is 9.92. The summed E-state index contributed by atoms with van der Waals surface area (Å²) < 4.78 is 3.11. The Morgan fingerprint density at radius 3 is 2.03 bits per heavy atom. The monoisotopic (exact) mass is 470 g/mol. The van der Waals surface area contributed by atoms with Gasteiger partial charge in [0.05, 0.1) is 16.7 Å². The van der Waals surface area contributed by atoms with Crippen LogP contribution in [-0.2, 0) is 14.1 Å². The first-order valence-corrected chi connectivity index (χ1v) is 12.2. The molecule has 0 radical (unpaired) electrons. The predicted molar refractivity (Wildman–Crippen MR) is 141 cm³/mol. The van der Waals surface area contributed by atoms with Gasteiger partial charge in [-0.15, -0.1) is 0 Å². The van der Waals surface area contributed by atoms with Crippen molar-refractivity contribution in [2.45, 2.75) is 33.6 Å². The second-order valence-electron chi connectivity index (χ2n) is 9.32. The summed E-state index contributed by atoms with van der Waals surface area (Å²) in [7, 11) is 3.41. The molecule has 1 aliphatic heterocycles. The van der Waals surface area contributed by atoms with Crippen LogP contribution in [0.5, 0.6) is 0 Å². The van der Waals surface area contributed by atoms with Crippen LogP contribution < -0.4 is 15.5 Å². The van der Waals surface area contributed by atoms with Crippen LogP contribution in [0.25, 0.3) is 21.8 Å². The lowest BCUT2D eigenvalue weighted by Crippen LogP contribution is -2.41. The van der Waals surface area contributed by atoms with Gasteiger partial charge in [0.2, 0.25) is 0 Å². The van der Waals surface area contributed by atoms with Crippen LogP contribution in [0.3, 0.4) is 0 Å². The number of rotatable bonds is 6. The molecule has 3 aromatic carbocycles. The van der Waals surface area contributed by atoms with Gasteiger partial charge in [-0.05, 0) is 55.7 Å². The van der Waals surface area contributed by atoms with E-state index in [0.29, 0.717) is 22.3 Å². The highest BCUT2D eigenvalue weighted by atomic mass is 16.2. The van der Waals surface area contributed by atoms with Crippen molar-refractivity contribution < 1.29 is 9.59 Å². The van der Waals surface area contributed by atoms with Gasteiger partial charge in [-0.3, -0.25) is 18.7 Å². The first-order valence-electron chi connectivity index (χ1n) is 12.2. The van der Waals surface area contributed by atoms with Crippen LogP contribution in [-0.4, -0.2) is 34.0 Å². The standard InChI is InChI=1S/C28H30N4O3/c1-6-13-31(14-7-2)21-12-11-20-25-18(21)9-8-10-19(25)26(33)32(27(20)34)22-16-24-23(15-17(22)3)29(4)28(35)30(24)5/h8-12,15-16H,6-7,13-14H2,1-5H3. The fraction of sp³-hybridized carbons (Fsp3) is 0.321. The Kier molecular flexibility index (Phi) is 5.50. The summed E-state index contributed by atoms with van der Waals surface area (Å²) in [6, 6.07) is 13.2. The minimum absolute atomic E-state index is 0.154. The number of imide groups is 1. The van der Waals surface area contributed by atoms with Crippen molar-refractivity contribution in [3.63, 3.8) is 0 Å². The van der Waals surface area contributed by atoms with Gasteiger partial charge in [-0.25, -0.2) is 9.69 Å². The van der Waals surface area contributed by atoms with Crippen molar-refractivity contribution in [3.8, 4) is 0 Å². The van der Waals surface area contributed by atoms with E-state index in [4.69, 9.17) is 0 Å². The summed E-state index contributed by atoms with van der Waals surface area (Å²) in [6.45, 7) is 7.99. The highest BCUT2D eigenvalue weighted by molar-refractivity contribution is 6.36. The van der Waals surface area contributed by atoms with Crippen molar-refractivity contribution in [2.75, 3.05) is 22.9 Å². The van der Waals surface area contributed by atoms with Gasteiger partial charge >= 0.3 is 5.69 Å². The van der Waals surface area contributed by atoms with Gasteiger partial charge in [0.25, 0.3) is 11.8 Å². The summed E-state index contributed by atoms with van der Waals surface area (Å²) >= 11 is 0. The summed E-state index contributed by atoms with van der Waals surface area (Å²) in [6.07, 6.45) is 2.02. The fourth-order valence-corrected chi connectivity index (χ4v) is 5.35. The van der Waals surface area contributed by atoms with Gasteiger partial charge in [-0.1, -0.05) is 26.0 Å². The molecule has 7 nitrogen and oxygen atoms in total. The lowest BCUT2D eigenvalue weighted by Gasteiger charge is -2.31. The van der Waals surface area contributed by atoms with E-state index in [-0.39, 0.29) is 17.5 Å². The molecule has 35 heavy (non-hydrogen) atoms. The Morgan fingerprint density at radius 1 is 0.800 bits per heavy atom. The number of aromatic nitrogens is 2. The number of hydrogen-bond acceptors (Lipinski definition) is 4. The van der Waals surface area contributed by atoms with Gasteiger partial charge in [0.1, 0.15) is 0 Å². The van der Waals surface area contributed by atoms with Crippen molar-refractivity contribution in [2.24, 2.45) is 14.1 Å². The third kappa shape index (κ3) is 3.29. The number of nitrogens with zero attached hydrogens (tertiary/aromatic N) is 4. The molecule has 5 rings (SSSR count). The van der Waals surface area contributed by atoms with Crippen LogP contribution in [0.2, 0.25) is 0 Å². The Balaban J connectivity index is 1.71. The zero-order valence-electron chi connectivity index (χ0n) is 20.9. The molecular formula is C28H30N4O3. The van der Waals surface area contributed by atoms with Gasteiger partial charge < -0.3 is 4.90 Å². The number of amides is 2. The first-order chi connectivity index (χ1) is 16.8. The molecule has 180 valence electrons. The molecule has 0 N–H and O–H groups in total. The second-order valence-corrected chi connectivity index (χ2v) is 9.32. The van der Waals surface area contributed by atoms with Gasteiger partial charge in [0.15, 0.2) is 0 Å². The molecule has 0 fully saturated rings. The smallest absolute Gasteiger partial charge is 0.328 e. The van der Waals surface area contributed by atoms with Crippen LogP contribution in [0, 0.1) is 6.92 Å². The number of hydrogen-bond donors (Lipinski definition) is 0. The number of aryl methyl sites for hydroxylation is 3. The van der Waals surface area contributed by atoms with E-state index in [2.05, 4.69) is 18.7 Å². The summed E-state index contributed by atoms with van der Waals surface area (Å²) in [4.78, 5) is 43.7. The lowest BCUT2D eigenvalue weighted by molar-refractivity contribution is 0.0893. The average molecular weight is 471 g/mol. The van der Waals surface area contributed by atoms with E-state index >= 15 is 0 Å². The zero-order valence-corrected chi connectivity index (χ0v) is 20.9. The second kappa shape index (κ2) is 8.41. The van der Waals surface area contributed by atoms with E-state index < -0.39 is 0 Å². The summed E-state index contributed by atoms with van der Waals surface area (Å²) in [5.41, 5.74) is 4.63. The molecule has 0 aliphatic carbocycles. The Hall–Kier alpha value is -3.87. The third-order valence-corrected chi connectivity index (χ3v) is 7.04. The van der Waals surface area contributed by atoms with Gasteiger partial charge in [-0.2, -0.15) is 0 Å². The summed E-state index contributed by atoms with van der Waals surface area (Å²) in [5, 5.41) is 1.65. The van der Waals surface area contributed by atoms with Gasteiger partial charge in [0, 0.05) is 54.8 Å². The van der Waals surface area contributed by atoms with E-state index in [9.17, 15) is 14.4 Å². The molecule has 2 heterocycles. The maximum Gasteiger partial charge on any atom is 0.328 e. The maximum atomic E-state index is 13.8. The average Bonchev–Trinajstić information content (AvgIpc) is 3.05. The Morgan fingerprint density at radius 2 is 1.40 bits per heavy atom. The molecule has 0 unspecified atom stereocenters. The maximum absolute atomic E-state index is 13.8. The molecule has 1 aliphatic rings. The molecule has 7 heteroatoms. The minimum Gasteiger partial charge on any atom is -0.371 e. The number of fused-ring (bicyclic) bond motifs is 1. The van der Waals surface area contributed by atoms with Crippen LogP contribution in [0.1, 0.15) is 53.0 Å². The minimum atomic E-state index is -0.342. The van der Waals surface area contributed by atoms with Crippen LogP contribution in [0.15, 0.2) is 47.3 Å². The van der Waals surface area contributed by atoms with Crippen LogP contribution in [0.4, 0.5) is 11.4 Å². The van der Waals surface area contributed by atoms with E-state index in [1.54, 1.807) is 30.8 Å². The molecule has 0 saturated heterocycles. The molecule has 0 bridgehead atoms. The molecule has 2 amide bonds. The van der Waals surface area contributed by atoms with Crippen molar-refractivity contribution >= 4 is 45.0 Å². The molecule has 0 saturated carbocycles. The van der Waals surface area contributed by atoms with E-state index in [1.165, 1.54) is 9.47 Å². The van der Waals surface area contributed by atoms with Crippen molar-refractivity contribution in [1.82, 2.24) is 9.13 Å². The third-order valence-electron chi connectivity index (χ3n) is 7.04. The predicted octanol–water partition coefficient (Wildman–Crippen LogP) is 4.77. The Bertz CT molecular complexity index is 1550. The molecule has 1 aromatic heterocycles. The van der Waals surface area contributed by atoms with Crippen molar-refractivity contribution in [3.05, 3.63) is 69.6 Å². The number of carbonyl (C=O) groups excluding carboxylic acids is 2. The largest absolute Gasteiger partial charge is 0.371 e. The van der Waals surface area contributed by atoms with Crippen molar-refractivity contribution in [1.29, 1.82) is 0 Å². The molecule has 4 aromatic rings. The van der Waals surface area contributed by atoms with Crippen LogP contribution >= 0.6 is 0 Å². The topological polar surface area (TPSA) is 67.6 Å². The van der Waals surface area contributed by atoms with E-state index in [1.807, 2.05) is 37.3 Å². The molecule has 0 spiro atoms. The molecule has 0 atom stereocenters. The number of benzene rings is 3. The quantitative estimate of drug-likeness (QED) is 0.381. The fourth-order valence-electron chi connectivity index (χ4n) is 5.35. The van der Waals surface area contributed by atoms with E-state index in [0.717, 1.165) is 53.5 Å². The number of imidazole rings is 1. The molecular weight excluding hydrogens is 440 g/mol. The summed E-state index contributed by atoms with van der Waals surface area (Å²) in [5.74, 6) is -0.683. The number of carbonyl (C=O) groups is 2. The Labute approximate surface area is 204 Å². The first kappa shape index (κ1) is 22.9. The zero-order chi connectivity index (χ0) is 25.0. The highest BCUT2D eigenvalue weighted by Crippen LogP contribution is 2.39. The SMILES string of the molecule is CCCN(CCC)c1ccc2c3c(cccc13)C(=O)N(c1cc3c(cc1C)n(C)c(=O)n3C)C2=O.